The first kappa shape index (κ1) is 14.6. The molecule has 25 heavy (non-hydrogen) atoms. The summed E-state index contributed by atoms with van der Waals surface area (Å²) in [4.78, 5) is 12.7. The van der Waals surface area contributed by atoms with Gasteiger partial charge in [-0.25, -0.2) is 0 Å². The minimum Gasteiger partial charge on any atom is -0.633 e. The van der Waals surface area contributed by atoms with E-state index in [1.54, 1.807) is 6.07 Å². The Morgan fingerprint density at radius 1 is 1.32 bits per heavy atom. The highest BCUT2D eigenvalue weighted by Crippen LogP contribution is 2.64. The number of hydrogen-bond acceptors (Lipinski definition) is 4. The third-order valence-electron chi connectivity index (χ3n) is 7.71. The number of piperidine rings is 1. The van der Waals surface area contributed by atoms with Crippen molar-refractivity contribution < 1.29 is 19.3 Å². The van der Waals surface area contributed by atoms with Gasteiger partial charge in [0.2, 0.25) is 0 Å². The van der Waals surface area contributed by atoms with Crippen LogP contribution in [0.15, 0.2) is 12.1 Å². The smallest absolute Gasteiger partial charge is 0.174 e. The summed E-state index contributed by atoms with van der Waals surface area (Å²) in [6, 6.07) is 3.66. The summed E-state index contributed by atoms with van der Waals surface area (Å²) in [6.07, 6.45) is 4.67. The molecule has 2 heterocycles. The lowest BCUT2D eigenvalue weighted by Gasteiger charge is -2.63. The van der Waals surface area contributed by atoms with E-state index in [0.717, 1.165) is 30.5 Å². The zero-order valence-corrected chi connectivity index (χ0v) is 14.2. The van der Waals surface area contributed by atoms with Crippen molar-refractivity contribution in [3.63, 3.8) is 0 Å². The molecular weight excluding hydrogens is 318 g/mol. The summed E-state index contributed by atoms with van der Waals surface area (Å²) in [5.74, 6) is 1.61. The molecule has 5 heteroatoms. The van der Waals surface area contributed by atoms with Crippen molar-refractivity contribution in [3.05, 3.63) is 28.5 Å². The molecule has 1 aromatic carbocycles. The highest BCUT2D eigenvalue weighted by atomic mass is 16.5. The summed E-state index contributed by atoms with van der Waals surface area (Å²) < 4.78 is 6.00. The van der Waals surface area contributed by atoms with Crippen LogP contribution in [-0.2, 0) is 16.6 Å². The third-order valence-corrected chi connectivity index (χ3v) is 7.71. The Morgan fingerprint density at radius 2 is 2.16 bits per heavy atom. The van der Waals surface area contributed by atoms with Crippen molar-refractivity contribution in [3.8, 4) is 11.5 Å². The molecule has 6 rings (SSSR count). The predicted molar refractivity (Wildman–Crippen MR) is 90.1 cm³/mol. The first-order valence-corrected chi connectivity index (χ1v) is 9.65. The Bertz CT molecular complexity index is 803. The predicted octanol–water partition coefficient (Wildman–Crippen LogP) is 2.42. The molecule has 2 bridgehead atoms. The van der Waals surface area contributed by atoms with Gasteiger partial charge in [-0.1, -0.05) is 6.07 Å². The number of carbonyl (C=O) groups excluding carboxylic acids is 1. The van der Waals surface area contributed by atoms with Crippen molar-refractivity contribution in [2.75, 3.05) is 13.1 Å². The fraction of sp³-hybridized carbons (Fsp3) is 0.650. The minimum atomic E-state index is -0.495. The highest BCUT2D eigenvalue weighted by molar-refractivity contribution is 5.89. The van der Waals surface area contributed by atoms with Gasteiger partial charge in [-0.2, -0.15) is 0 Å². The molecule has 1 saturated heterocycles. The molecule has 2 aliphatic heterocycles. The Balaban J connectivity index is 1.56. The van der Waals surface area contributed by atoms with Crippen LogP contribution in [0.1, 0.15) is 43.2 Å². The van der Waals surface area contributed by atoms with Gasteiger partial charge in [0, 0.05) is 36.7 Å². The average molecular weight is 341 g/mol. The number of hydroxylamine groups is 3. The molecular formula is C20H23NO4. The molecule has 2 unspecified atom stereocenters. The standard InChI is InChI=1S/C20H23NO4/c22-15-5-3-12-9-14-13-4-6-16(23)19-20(13,17(12)18(15)25-19)7-8-21(14,24)10-11-1-2-11/h3,5,11,13-14,19,22H,1-2,4,6-10H2/t13?,14-,19+,20+,21?/m1/s1. The zero-order valence-electron chi connectivity index (χ0n) is 14.2. The van der Waals surface area contributed by atoms with Gasteiger partial charge >= 0.3 is 0 Å². The molecule has 5 atom stereocenters. The number of hydrogen-bond donors (Lipinski definition) is 1. The molecule has 3 fully saturated rings. The molecule has 5 aliphatic rings. The summed E-state index contributed by atoms with van der Waals surface area (Å²) in [6.45, 7) is 1.33. The maximum atomic E-state index is 13.8. The van der Waals surface area contributed by atoms with E-state index >= 15 is 0 Å². The Morgan fingerprint density at radius 3 is 2.96 bits per heavy atom. The van der Waals surface area contributed by atoms with Gasteiger partial charge in [0.05, 0.1) is 24.5 Å². The van der Waals surface area contributed by atoms with Crippen LogP contribution in [0.3, 0.4) is 0 Å². The fourth-order valence-corrected chi connectivity index (χ4v) is 6.53. The van der Waals surface area contributed by atoms with E-state index in [-0.39, 0.29) is 33.6 Å². The van der Waals surface area contributed by atoms with Crippen molar-refractivity contribution in [2.45, 2.75) is 56.1 Å². The van der Waals surface area contributed by atoms with Crippen LogP contribution in [-0.4, -0.2) is 40.8 Å². The van der Waals surface area contributed by atoms with E-state index in [9.17, 15) is 15.1 Å². The Labute approximate surface area is 146 Å². The van der Waals surface area contributed by atoms with Gasteiger partial charge in [0.1, 0.15) is 0 Å². The lowest BCUT2D eigenvalue weighted by Crippen LogP contribution is -2.71. The van der Waals surface area contributed by atoms with Gasteiger partial charge < -0.3 is 19.7 Å². The Hall–Kier alpha value is -1.59. The summed E-state index contributed by atoms with van der Waals surface area (Å²) >= 11 is 0. The molecule has 0 aromatic heterocycles. The third kappa shape index (κ3) is 1.64. The monoisotopic (exact) mass is 341 g/mol. The van der Waals surface area contributed by atoms with E-state index in [1.807, 2.05) is 6.07 Å². The van der Waals surface area contributed by atoms with E-state index < -0.39 is 6.10 Å². The molecule has 3 aliphatic carbocycles. The number of quaternary nitrogens is 1. The maximum absolute atomic E-state index is 13.8. The quantitative estimate of drug-likeness (QED) is 0.662. The van der Waals surface area contributed by atoms with Gasteiger partial charge in [-0.3, -0.25) is 4.79 Å². The van der Waals surface area contributed by atoms with Crippen LogP contribution in [0.4, 0.5) is 0 Å². The number of carbonyl (C=O) groups is 1. The number of phenols is 1. The van der Waals surface area contributed by atoms with Crippen molar-refractivity contribution in [2.24, 2.45) is 11.8 Å². The number of Topliss-reactive ketones (excluding diaryl/α,β-unsaturated/α-hetero) is 1. The number of nitrogens with zero attached hydrogens (tertiary/aromatic N) is 1. The van der Waals surface area contributed by atoms with Gasteiger partial charge in [-0.15, -0.1) is 0 Å². The van der Waals surface area contributed by atoms with Crippen LogP contribution >= 0.6 is 0 Å². The largest absolute Gasteiger partial charge is 0.633 e. The Kier molecular flexibility index (Phi) is 2.55. The molecule has 0 amide bonds. The number of aromatic hydroxyl groups is 1. The van der Waals surface area contributed by atoms with Crippen molar-refractivity contribution in [1.29, 1.82) is 0 Å². The zero-order chi connectivity index (χ0) is 17.0. The summed E-state index contributed by atoms with van der Waals surface area (Å²) in [5.41, 5.74) is 1.82. The van der Waals surface area contributed by atoms with Crippen LogP contribution < -0.4 is 4.74 Å². The molecule has 5 nitrogen and oxygen atoms in total. The molecule has 2 saturated carbocycles. The number of likely N-dealkylation sites (tertiary alicyclic amines) is 1. The van der Waals surface area contributed by atoms with E-state index in [2.05, 4.69) is 0 Å². The molecule has 1 aromatic rings. The van der Waals surface area contributed by atoms with Crippen LogP contribution in [0.2, 0.25) is 0 Å². The molecule has 1 spiro atoms. The number of phenolic OH excluding ortho intramolecular Hbond substituents is 1. The SMILES string of the molecule is O=C1CCC2[C@H]3Cc4ccc(O)c5c4[C@@]2(CC[N+]3([O-])CC2CC2)[C@H]1O5. The highest BCUT2D eigenvalue weighted by Gasteiger charge is 2.68. The normalized spacial score (nSPS) is 43.6. The number of benzene rings is 1. The van der Waals surface area contributed by atoms with Gasteiger partial charge in [0.25, 0.3) is 0 Å². The second-order valence-corrected chi connectivity index (χ2v) is 8.92. The van der Waals surface area contributed by atoms with Crippen LogP contribution in [0, 0.1) is 17.0 Å². The average Bonchev–Trinajstić information content (AvgIpc) is 3.32. The van der Waals surface area contributed by atoms with E-state index in [4.69, 9.17) is 4.74 Å². The van der Waals surface area contributed by atoms with Gasteiger partial charge in [-0.05, 0) is 30.9 Å². The fourth-order valence-electron chi connectivity index (χ4n) is 6.53. The molecule has 1 N–H and O–H groups in total. The lowest BCUT2D eigenvalue weighted by atomic mass is 9.51. The lowest BCUT2D eigenvalue weighted by molar-refractivity contribution is -0.919. The summed E-state index contributed by atoms with van der Waals surface area (Å²) in [5, 5.41) is 24.1. The minimum absolute atomic E-state index is 0.0385. The maximum Gasteiger partial charge on any atom is 0.174 e. The van der Waals surface area contributed by atoms with Crippen LogP contribution in [0.25, 0.3) is 0 Å². The second kappa shape index (κ2) is 4.38. The van der Waals surface area contributed by atoms with Crippen molar-refractivity contribution >= 4 is 5.78 Å². The molecule has 132 valence electrons. The first-order valence-electron chi connectivity index (χ1n) is 9.65. The number of rotatable bonds is 2. The number of ether oxygens (including phenoxy) is 1. The molecule has 0 radical (unpaired) electrons. The topological polar surface area (TPSA) is 69.6 Å². The van der Waals surface area contributed by atoms with Crippen molar-refractivity contribution in [1.82, 2.24) is 0 Å². The van der Waals surface area contributed by atoms with Gasteiger partial charge in [0.15, 0.2) is 23.4 Å². The van der Waals surface area contributed by atoms with E-state index in [1.165, 1.54) is 12.8 Å². The van der Waals surface area contributed by atoms with E-state index in [0.29, 0.717) is 31.1 Å². The van der Waals surface area contributed by atoms with Crippen LogP contribution in [0.5, 0.6) is 11.5 Å². The number of ketones is 1. The second-order valence-electron chi connectivity index (χ2n) is 8.92. The first-order chi connectivity index (χ1) is 12.0. The summed E-state index contributed by atoms with van der Waals surface area (Å²) in [7, 11) is 0.